The lowest BCUT2D eigenvalue weighted by atomic mass is 10.2. The van der Waals surface area contributed by atoms with Crippen molar-refractivity contribution in [3.8, 4) is 0 Å². The van der Waals surface area contributed by atoms with Crippen LogP contribution in [-0.4, -0.2) is 34.4 Å². The van der Waals surface area contributed by atoms with E-state index in [4.69, 9.17) is 0 Å². The summed E-state index contributed by atoms with van der Waals surface area (Å²) in [5.41, 5.74) is 0. The third-order valence-corrected chi connectivity index (χ3v) is 2.90. The van der Waals surface area contributed by atoms with E-state index in [2.05, 4.69) is 9.50 Å². The van der Waals surface area contributed by atoms with Crippen LogP contribution in [0.2, 0.25) is 0 Å². The SMILES string of the molecule is CNC1CC1CCCOS(C)(=O)=O. The summed E-state index contributed by atoms with van der Waals surface area (Å²) >= 11 is 0. The summed E-state index contributed by atoms with van der Waals surface area (Å²) in [4.78, 5) is 0. The second kappa shape index (κ2) is 4.39. The quantitative estimate of drug-likeness (QED) is 0.504. The van der Waals surface area contributed by atoms with Gasteiger partial charge in [0.25, 0.3) is 10.1 Å². The fraction of sp³-hybridized carbons (Fsp3) is 1.00. The molecule has 0 bridgehead atoms. The molecule has 1 aliphatic rings. The zero-order chi connectivity index (χ0) is 9.90. The van der Waals surface area contributed by atoms with Crippen LogP contribution in [0.15, 0.2) is 0 Å². The Morgan fingerprint density at radius 2 is 2.23 bits per heavy atom. The van der Waals surface area contributed by atoms with Gasteiger partial charge in [0.15, 0.2) is 0 Å². The molecular weight excluding hydrogens is 190 g/mol. The van der Waals surface area contributed by atoms with Gasteiger partial charge in [-0.2, -0.15) is 8.42 Å². The Balaban J connectivity index is 1.97. The predicted molar refractivity (Wildman–Crippen MR) is 51.0 cm³/mol. The van der Waals surface area contributed by atoms with Gasteiger partial charge in [0.1, 0.15) is 0 Å². The summed E-state index contributed by atoms with van der Waals surface area (Å²) in [5, 5.41) is 3.19. The van der Waals surface area contributed by atoms with E-state index < -0.39 is 10.1 Å². The lowest BCUT2D eigenvalue weighted by Gasteiger charge is -2.00. The van der Waals surface area contributed by atoms with Crippen LogP contribution in [0, 0.1) is 5.92 Å². The molecule has 1 rings (SSSR count). The van der Waals surface area contributed by atoms with Gasteiger partial charge >= 0.3 is 0 Å². The number of nitrogens with one attached hydrogen (secondary N) is 1. The molecule has 0 aromatic heterocycles. The molecular formula is C8H17NO3S. The molecule has 0 heterocycles. The molecule has 5 heteroatoms. The van der Waals surface area contributed by atoms with Gasteiger partial charge in [-0.25, -0.2) is 0 Å². The summed E-state index contributed by atoms with van der Waals surface area (Å²) in [6.45, 7) is 0.325. The molecule has 1 aliphatic carbocycles. The van der Waals surface area contributed by atoms with Crippen LogP contribution >= 0.6 is 0 Å². The first-order valence-corrected chi connectivity index (χ1v) is 6.36. The molecule has 1 fully saturated rings. The van der Waals surface area contributed by atoms with Gasteiger partial charge in [-0.15, -0.1) is 0 Å². The third kappa shape index (κ3) is 4.59. The molecule has 0 aliphatic heterocycles. The zero-order valence-corrected chi connectivity index (χ0v) is 8.93. The van der Waals surface area contributed by atoms with E-state index in [-0.39, 0.29) is 0 Å². The third-order valence-electron chi connectivity index (χ3n) is 2.31. The van der Waals surface area contributed by atoms with Crippen LogP contribution < -0.4 is 5.32 Å². The zero-order valence-electron chi connectivity index (χ0n) is 8.12. The molecule has 1 saturated carbocycles. The van der Waals surface area contributed by atoms with Crippen molar-refractivity contribution in [1.29, 1.82) is 0 Å². The molecule has 0 spiro atoms. The first-order valence-electron chi connectivity index (χ1n) is 4.54. The summed E-state index contributed by atoms with van der Waals surface area (Å²) < 4.78 is 25.8. The van der Waals surface area contributed by atoms with Crippen LogP contribution in [0.3, 0.4) is 0 Å². The van der Waals surface area contributed by atoms with Crippen molar-refractivity contribution >= 4 is 10.1 Å². The lowest BCUT2D eigenvalue weighted by molar-refractivity contribution is 0.308. The number of hydrogen-bond donors (Lipinski definition) is 1. The topological polar surface area (TPSA) is 55.4 Å². The van der Waals surface area contributed by atoms with Crippen LogP contribution in [0.25, 0.3) is 0 Å². The summed E-state index contributed by atoms with van der Waals surface area (Å²) in [6.07, 6.45) is 4.19. The van der Waals surface area contributed by atoms with Crippen molar-refractivity contribution in [2.45, 2.75) is 25.3 Å². The average molecular weight is 207 g/mol. The Morgan fingerprint density at radius 1 is 1.54 bits per heavy atom. The second-order valence-electron chi connectivity index (χ2n) is 3.56. The van der Waals surface area contributed by atoms with Gasteiger partial charge in [0, 0.05) is 6.04 Å². The molecule has 0 aromatic rings. The minimum absolute atomic E-state index is 0.325. The average Bonchev–Trinajstić information content (AvgIpc) is 2.75. The highest BCUT2D eigenvalue weighted by molar-refractivity contribution is 7.85. The fourth-order valence-electron chi connectivity index (χ4n) is 1.48. The highest BCUT2D eigenvalue weighted by Crippen LogP contribution is 2.34. The van der Waals surface area contributed by atoms with Gasteiger partial charge in [-0.1, -0.05) is 0 Å². The van der Waals surface area contributed by atoms with E-state index in [9.17, 15) is 8.42 Å². The van der Waals surface area contributed by atoms with E-state index in [0.717, 1.165) is 25.0 Å². The minimum atomic E-state index is -3.24. The monoisotopic (exact) mass is 207 g/mol. The molecule has 2 unspecified atom stereocenters. The minimum Gasteiger partial charge on any atom is -0.317 e. The molecule has 0 aromatic carbocycles. The van der Waals surface area contributed by atoms with E-state index in [1.165, 1.54) is 6.42 Å². The van der Waals surface area contributed by atoms with Crippen LogP contribution in [0.1, 0.15) is 19.3 Å². The van der Waals surface area contributed by atoms with E-state index >= 15 is 0 Å². The second-order valence-corrected chi connectivity index (χ2v) is 5.20. The van der Waals surface area contributed by atoms with Crippen molar-refractivity contribution in [2.24, 2.45) is 5.92 Å². The summed E-state index contributed by atoms with van der Waals surface area (Å²) in [6, 6.07) is 0.651. The Hall–Kier alpha value is -0.130. The Kier molecular flexibility index (Phi) is 3.70. The largest absolute Gasteiger partial charge is 0.317 e. The normalized spacial score (nSPS) is 27.5. The Morgan fingerprint density at radius 3 is 2.69 bits per heavy atom. The Bertz CT molecular complexity index is 250. The highest BCUT2D eigenvalue weighted by Gasteiger charge is 2.34. The maximum atomic E-state index is 10.6. The maximum Gasteiger partial charge on any atom is 0.264 e. The molecule has 2 atom stereocenters. The van der Waals surface area contributed by atoms with Gasteiger partial charge in [-0.05, 0) is 32.2 Å². The number of hydrogen-bond acceptors (Lipinski definition) is 4. The molecule has 0 saturated heterocycles. The summed E-state index contributed by atoms with van der Waals surface area (Å²) in [7, 11) is -1.28. The smallest absolute Gasteiger partial charge is 0.264 e. The van der Waals surface area contributed by atoms with E-state index in [1.807, 2.05) is 7.05 Å². The van der Waals surface area contributed by atoms with Crippen molar-refractivity contribution in [3.05, 3.63) is 0 Å². The van der Waals surface area contributed by atoms with Crippen molar-refractivity contribution in [1.82, 2.24) is 5.32 Å². The van der Waals surface area contributed by atoms with E-state index in [0.29, 0.717) is 12.6 Å². The van der Waals surface area contributed by atoms with Gasteiger partial charge in [0.05, 0.1) is 12.9 Å². The molecule has 4 nitrogen and oxygen atoms in total. The first kappa shape index (κ1) is 10.9. The lowest BCUT2D eigenvalue weighted by Crippen LogP contribution is -2.11. The predicted octanol–water partition coefficient (Wildman–Crippen LogP) is 0.351. The van der Waals surface area contributed by atoms with Crippen LogP contribution in [-0.2, 0) is 14.3 Å². The maximum absolute atomic E-state index is 10.6. The van der Waals surface area contributed by atoms with Crippen molar-refractivity contribution < 1.29 is 12.6 Å². The standard InChI is InChI=1S/C8H17NO3S/c1-9-8-6-7(8)4-3-5-12-13(2,10)11/h7-9H,3-6H2,1-2H3. The van der Waals surface area contributed by atoms with Gasteiger partial charge < -0.3 is 5.32 Å². The Labute approximate surface area is 79.8 Å². The number of rotatable bonds is 6. The van der Waals surface area contributed by atoms with Crippen molar-refractivity contribution in [2.75, 3.05) is 19.9 Å². The summed E-state index contributed by atoms with van der Waals surface area (Å²) in [5.74, 6) is 0.730. The molecule has 0 amide bonds. The first-order chi connectivity index (χ1) is 6.03. The molecule has 1 N–H and O–H groups in total. The molecule has 0 radical (unpaired) electrons. The van der Waals surface area contributed by atoms with Gasteiger partial charge in [-0.3, -0.25) is 4.18 Å². The van der Waals surface area contributed by atoms with Crippen LogP contribution in [0.4, 0.5) is 0 Å². The van der Waals surface area contributed by atoms with E-state index in [1.54, 1.807) is 0 Å². The van der Waals surface area contributed by atoms with Crippen LogP contribution in [0.5, 0.6) is 0 Å². The molecule has 78 valence electrons. The van der Waals surface area contributed by atoms with Gasteiger partial charge in [0.2, 0.25) is 0 Å². The van der Waals surface area contributed by atoms with Crippen molar-refractivity contribution in [3.63, 3.8) is 0 Å². The molecule has 13 heavy (non-hydrogen) atoms. The highest BCUT2D eigenvalue weighted by atomic mass is 32.2. The fourth-order valence-corrected chi connectivity index (χ4v) is 1.90.